The van der Waals surface area contributed by atoms with Crippen molar-refractivity contribution in [2.24, 2.45) is 5.41 Å². The van der Waals surface area contributed by atoms with E-state index >= 15 is 0 Å². The molecule has 2 N–H and O–H groups in total. The van der Waals surface area contributed by atoms with Gasteiger partial charge in [0.2, 0.25) is 5.95 Å². The van der Waals surface area contributed by atoms with Crippen molar-refractivity contribution in [3.8, 4) is 5.75 Å². The monoisotopic (exact) mass is 467 g/mol. The fourth-order valence-corrected chi connectivity index (χ4v) is 5.38. The van der Waals surface area contributed by atoms with Gasteiger partial charge in [0, 0.05) is 24.2 Å². The van der Waals surface area contributed by atoms with Crippen LogP contribution in [-0.4, -0.2) is 43.5 Å². The molecule has 1 aliphatic heterocycles. The lowest BCUT2D eigenvalue weighted by Crippen LogP contribution is -2.48. The van der Waals surface area contributed by atoms with E-state index in [-0.39, 0.29) is 7.92 Å². The van der Waals surface area contributed by atoms with Crippen LogP contribution in [0.25, 0.3) is 0 Å². The van der Waals surface area contributed by atoms with Crippen molar-refractivity contribution in [2.45, 2.75) is 12.8 Å². The minimum absolute atomic E-state index is 0.271. The van der Waals surface area contributed by atoms with Crippen LogP contribution in [0, 0.1) is 5.41 Å². The molecule has 0 radical (unpaired) electrons. The summed E-state index contributed by atoms with van der Waals surface area (Å²) in [5.41, 5.74) is 3.53. The lowest BCUT2D eigenvalue weighted by molar-refractivity contribution is 0.372. The fourth-order valence-electron chi connectivity index (χ4n) is 4.25. The molecule has 2 aromatic carbocycles. The molecule has 5 rings (SSSR count). The summed E-state index contributed by atoms with van der Waals surface area (Å²) >= 11 is 6.42. The van der Waals surface area contributed by atoms with Gasteiger partial charge in [0.1, 0.15) is 5.02 Å². The molecule has 0 unspecified atom stereocenters. The van der Waals surface area contributed by atoms with Gasteiger partial charge in [-0.15, -0.1) is 0 Å². The van der Waals surface area contributed by atoms with E-state index in [1.807, 2.05) is 18.2 Å². The summed E-state index contributed by atoms with van der Waals surface area (Å²) in [7, 11) is 1.43. The lowest BCUT2D eigenvalue weighted by atomic mass is 9.95. The Hall–Kier alpha value is -2.56. The molecule has 6 nitrogen and oxygen atoms in total. The summed E-state index contributed by atoms with van der Waals surface area (Å²) < 4.78 is 5.79. The molecule has 1 spiro atoms. The maximum absolute atomic E-state index is 6.42. The number of hydrogen-bond acceptors (Lipinski definition) is 6. The van der Waals surface area contributed by atoms with Crippen LogP contribution in [0.15, 0.2) is 48.7 Å². The van der Waals surface area contributed by atoms with E-state index in [1.165, 1.54) is 18.1 Å². The molecular weight excluding hydrogens is 441 g/mol. The number of rotatable bonds is 7. The minimum Gasteiger partial charge on any atom is -0.492 e. The third-order valence-corrected chi connectivity index (χ3v) is 7.81. The molecule has 1 saturated carbocycles. The van der Waals surface area contributed by atoms with Gasteiger partial charge in [-0.3, -0.25) is 0 Å². The number of para-hydroxylation sites is 2. The zero-order valence-corrected chi connectivity index (χ0v) is 20.2. The molecule has 0 bridgehead atoms. The molecule has 8 heteroatoms. The topological polar surface area (TPSA) is 62.3 Å². The third-order valence-electron chi connectivity index (χ3n) is 6.18. The molecule has 1 aliphatic carbocycles. The summed E-state index contributed by atoms with van der Waals surface area (Å²) in [6.45, 7) is 6.67. The number of benzene rings is 2. The normalized spacial score (nSPS) is 16.1. The molecule has 1 saturated heterocycles. The van der Waals surface area contributed by atoms with Gasteiger partial charge >= 0.3 is 0 Å². The predicted octanol–water partition coefficient (Wildman–Crippen LogP) is 5.59. The van der Waals surface area contributed by atoms with Gasteiger partial charge in [-0.05, 0) is 49.7 Å². The van der Waals surface area contributed by atoms with Crippen molar-refractivity contribution in [1.82, 2.24) is 9.97 Å². The van der Waals surface area contributed by atoms with E-state index in [2.05, 4.69) is 63.1 Å². The SMILES string of the molecule is COc1c(Nc2ncc(Cl)c(Nc3ccccc3P(C)C)n2)cccc1N1CC2(CC2)C1. The van der Waals surface area contributed by atoms with Crippen LogP contribution in [0.3, 0.4) is 0 Å². The first-order chi connectivity index (χ1) is 15.5. The van der Waals surface area contributed by atoms with E-state index in [9.17, 15) is 0 Å². The number of anilines is 5. The van der Waals surface area contributed by atoms with E-state index in [4.69, 9.17) is 16.3 Å². The van der Waals surface area contributed by atoms with Gasteiger partial charge in [0.15, 0.2) is 11.6 Å². The summed E-state index contributed by atoms with van der Waals surface area (Å²) in [4.78, 5) is 11.4. The number of ether oxygens (including phenoxy) is 1. The van der Waals surface area contributed by atoms with Crippen molar-refractivity contribution in [3.05, 3.63) is 53.7 Å². The molecule has 2 fully saturated rings. The fraction of sp³-hybridized carbons (Fsp3) is 0.333. The zero-order chi connectivity index (χ0) is 22.3. The largest absolute Gasteiger partial charge is 0.492 e. The second-order valence-corrected chi connectivity index (χ2v) is 11.4. The predicted molar refractivity (Wildman–Crippen MR) is 135 cm³/mol. The Bertz CT molecular complexity index is 1140. The van der Waals surface area contributed by atoms with Crippen molar-refractivity contribution < 1.29 is 4.74 Å². The highest BCUT2D eigenvalue weighted by Gasteiger charge is 2.52. The average molecular weight is 468 g/mol. The standard InChI is InChI=1S/C24H27ClN5OP/c1-31-21-18(8-6-9-19(21)30-14-24(15-30)11-12-24)28-23-26-13-16(25)22(29-23)27-17-7-4-5-10-20(17)32(2)3/h4-10,13H,11-12,14-15H2,1-3H3,(H2,26,27,28,29). The van der Waals surface area contributed by atoms with Gasteiger partial charge in [0.25, 0.3) is 0 Å². The third kappa shape index (κ3) is 4.10. The first-order valence-corrected chi connectivity index (χ1v) is 13.3. The Morgan fingerprint density at radius 1 is 1.03 bits per heavy atom. The number of nitrogens with zero attached hydrogens (tertiary/aromatic N) is 3. The van der Waals surface area contributed by atoms with Crippen LogP contribution < -0.4 is 25.6 Å². The molecule has 1 aromatic heterocycles. The van der Waals surface area contributed by atoms with Crippen LogP contribution in [0.4, 0.5) is 28.8 Å². The highest BCUT2D eigenvalue weighted by atomic mass is 35.5. The lowest BCUT2D eigenvalue weighted by Gasteiger charge is -2.42. The Kier molecular flexibility index (Phi) is 5.60. The van der Waals surface area contributed by atoms with Crippen molar-refractivity contribution in [2.75, 3.05) is 49.1 Å². The molecule has 2 heterocycles. The number of halogens is 1. The smallest absolute Gasteiger partial charge is 0.229 e. The molecule has 0 amide bonds. The molecular formula is C24H27ClN5OP. The van der Waals surface area contributed by atoms with Gasteiger partial charge in [-0.1, -0.05) is 43.8 Å². The van der Waals surface area contributed by atoms with Gasteiger partial charge in [0.05, 0.1) is 24.7 Å². The van der Waals surface area contributed by atoms with E-state index in [1.54, 1.807) is 13.3 Å². The van der Waals surface area contributed by atoms with Crippen LogP contribution in [0.5, 0.6) is 5.75 Å². The molecule has 166 valence electrons. The highest BCUT2D eigenvalue weighted by Crippen LogP contribution is 2.55. The van der Waals surface area contributed by atoms with Crippen molar-refractivity contribution >= 4 is 53.7 Å². The Balaban J connectivity index is 1.40. The van der Waals surface area contributed by atoms with Crippen molar-refractivity contribution in [1.29, 1.82) is 0 Å². The second-order valence-electron chi connectivity index (χ2n) is 8.77. The quantitative estimate of drug-likeness (QED) is 0.441. The Labute approximate surface area is 195 Å². The first kappa shape index (κ1) is 21.3. The number of methoxy groups -OCH3 is 1. The summed E-state index contributed by atoms with van der Waals surface area (Å²) in [5.74, 6) is 1.84. The average Bonchev–Trinajstić information content (AvgIpc) is 3.56. The van der Waals surface area contributed by atoms with Gasteiger partial charge in [-0.2, -0.15) is 4.98 Å². The van der Waals surface area contributed by atoms with Crippen molar-refractivity contribution in [3.63, 3.8) is 0 Å². The second kappa shape index (κ2) is 8.42. The maximum atomic E-state index is 6.42. The van der Waals surface area contributed by atoms with Crippen LogP contribution in [0.2, 0.25) is 5.02 Å². The zero-order valence-electron chi connectivity index (χ0n) is 18.5. The molecule has 32 heavy (non-hydrogen) atoms. The van der Waals surface area contributed by atoms with Gasteiger partial charge < -0.3 is 20.3 Å². The van der Waals surface area contributed by atoms with Crippen LogP contribution >= 0.6 is 19.5 Å². The number of nitrogens with one attached hydrogen (secondary N) is 2. The Morgan fingerprint density at radius 2 is 1.78 bits per heavy atom. The van der Waals surface area contributed by atoms with E-state index in [0.29, 0.717) is 22.2 Å². The summed E-state index contributed by atoms with van der Waals surface area (Å²) in [5, 5.41) is 8.46. The summed E-state index contributed by atoms with van der Waals surface area (Å²) in [6, 6.07) is 14.4. The van der Waals surface area contributed by atoms with Crippen LogP contribution in [0.1, 0.15) is 12.8 Å². The summed E-state index contributed by atoms with van der Waals surface area (Å²) in [6.07, 6.45) is 4.31. The van der Waals surface area contributed by atoms with Crippen LogP contribution in [-0.2, 0) is 0 Å². The number of hydrogen-bond donors (Lipinski definition) is 2. The molecule has 3 aromatic rings. The van der Waals surface area contributed by atoms with E-state index < -0.39 is 0 Å². The number of aromatic nitrogens is 2. The first-order valence-electron chi connectivity index (χ1n) is 10.7. The van der Waals surface area contributed by atoms with E-state index in [0.717, 1.165) is 35.9 Å². The molecule has 2 aliphatic rings. The minimum atomic E-state index is -0.271. The maximum Gasteiger partial charge on any atom is 0.229 e. The van der Waals surface area contributed by atoms with Gasteiger partial charge in [-0.25, -0.2) is 4.98 Å². The molecule has 0 atom stereocenters. The highest BCUT2D eigenvalue weighted by molar-refractivity contribution is 7.64. The Morgan fingerprint density at radius 3 is 2.50 bits per heavy atom.